The Kier molecular flexibility index (Phi) is 3.56. The fourth-order valence-corrected chi connectivity index (χ4v) is 2.32. The number of halogens is 1. The molecule has 2 aromatic heterocycles. The highest BCUT2D eigenvalue weighted by atomic mass is 19.1. The Hall–Kier alpha value is -2.43. The summed E-state index contributed by atoms with van der Waals surface area (Å²) in [7, 11) is 0. The molecule has 3 rings (SSSR count). The largest absolute Gasteiger partial charge is 0.246 e. The van der Waals surface area contributed by atoms with Crippen LogP contribution in [0.5, 0.6) is 0 Å². The Morgan fingerprint density at radius 1 is 1.00 bits per heavy atom. The zero-order valence-electron chi connectivity index (χ0n) is 13.1. The van der Waals surface area contributed by atoms with Crippen molar-refractivity contribution >= 4 is 11.2 Å². The van der Waals surface area contributed by atoms with E-state index in [4.69, 9.17) is 0 Å². The molecule has 0 bridgehead atoms. The van der Waals surface area contributed by atoms with Crippen molar-refractivity contribution in [1.29, 1.82) is 0 Å². The average Bonchev–Trinajstić information content (AvgIpc) is 2.48. The van der Waals surface area contributed by atoms with E-state index in [1.54, 1.807) is 12.1 Å². The van der Waals surface area contributed by atoms with E-state index >= 15 is 0 Å². The molecule has 22 heavy (non-hydrogen) atoms. The molecule has 0 radical (unpaired) electrons. The van der Waals surface area contributed by atoms with Gasteiger partial charge in [0.2, 0.25) is 0 Å². The quantitative estimate of drug-likeness (QED) is 0.718. The molecule has 0 saturated carbocycles. The molecule has 0 N–H and O–H groups in total. The van der Waals surface area contributed by atoms with Crippen molar-refractivity contribution in [2.75, 3.05) is 0 Å². The first kappa shape index (κ1) is 14.5. The molecule has 5 heteroatoms. The molecular formula is C17H17FN4. The van der Waals surface area contributed by atoms with Gasteiger partial charge in [-0.2, -0.15) is 0 Å². The van der Waals surface area contributed by atoms with Gasteiger partial charge in [0.05, 0.1) is 11.4 Å². The zero-order valence-corrected chi connectivity index (χ0v) is 13.1. The summed E-state index contributed by atoms with van der Waals surface area (Å²) in [4.78, 5) is 17.3. The van der Waals surface area contributed by atoms with Crippen LogP contribution in [0.3, 0.4) is 0 Å². The summed E-state index contributed by atoms with van der Waals surface area (Å²) in [6.45, 7) is 7.82. The average molecular weight is 296 g/mol. The minimum atomic E-state index is -0.300. The fourth-order valence-electron chi connectivity index (χ4n) is 2.32. The lowest BCUT2D eigenvalue weighted by Crippen LogP contribution is -2.00. The van der Waals surface area contributed by atoms with Crippen LogP contribution in [0.4, 0.5) is 4.39 Å². The summed E-state index contributed by atoms with van der Waals surface area (Å²) in [5, 5.41) is 0. The van der Waals surface area contributed by atoms with E-state index in [1.807, 2.05) is 33.8 Å². The third-order valence-corrected chi connectivity index (χ3v) is 3.79. The fraction of sp³-hybridized carbons (Fsp3) is 0.294. The molecule has 1 aromatic carbocycles. The van der Waals surface area contributed by atoms with E-state index in [1.165, 1.54) is 6.33 Å². The summed E-state index contributed by atoms with van der Waals surface area (Å²) in [6, 6.07) is 5.23. The molecule has 0 unspecified atom stereocenters. The van der Waals surface area contributed by atoms with E-state index in [0.717, 1.165) is 17.0 Å². The van der Waals surface area contributed by atoms with Crippen LogP contribution < -0.4 is 0 Å². The van der Waals surface area contributed by atoms with Crippen molar-refractivity contribution in [3.05, 3.63) is 47.3 Å². The summed E-state index contributed by atoms with van der Waals surface area (Å²) in [5.41, 5.74) is 4.48. The second kappa shape index (κ2) is 5.40. The summed E-state index contributed by atoms with van der Waals surface area (Å²) in [5.74, 6) is -0.0263. The maximum Gasteiger partial charge on any atom is 0.182 e. The molecule has 0 fully saturated rings. The molecule has 0 saturated heterocycles. The van der Waals surface area contributed by atoms with Crippen molar-refractivity contribution in [3.8, 4) is 11.3 Å². The Morgan fingerprint density at radius 2 is 1.73 bits per heavy atom. The van der Waals surface area contributed by atoms with Crippen molar-refractivity contribution in [2.24, 2.45) is 0 Å². The smallest absolute Gasteiger partial charge is 0.182 e. The van der Waals surface area contributed by atoms with Gasteiger partial charge in [0.25, 0.3) is 0 Å². The van der Waals surface area contributed by atoms with Gasteiger partial charge in [0.15, 0.2) is 5.65 Å². The van der Waals surface area contributed by atoms with E-state index in [-0.39, 0.29) is 11.7 Å². The van der Waals surface area contributed by atoms with Gasteiger partial charge in [-0.15, -0.1) is 0 Å². The molecule has 2 heterocycles. The molecule has 0 amide bonds. The van der Waals surface area contributed by atoms with Gasteiger partial charge in [0, 0.05) is 5.56 Å². The second-order valence-electron chi connectivity index (χ2n) is 5.68. The SMILES string of the molecule is Cc1nc2ncnc(-c3ccc(C(C)C)cc3F)c2nc1C. The van der Waals surface area contributed by atoms with Crippen molar-refractivity contribution in [1.82, 2.24) is 19.9 Å². The predicted octanol–water partition coefficient (Wildman–Crippen LogP) is 3.97. The lowest BCUT2D eigenvalue weighted by atomic mass is 10.00. The van der Waals surface area contributed by atoms with Gasteiger partial charge >= 0.3 is 0 Å². The van der Waals surface area contributed by atoms with Crippen LogP contribution in [0, 0.1) is 19.7 Å². The highest BCUT2D eigenvalue weighted by Crippen LogP contribution is 2.28. The molecule has 3 aromatic rings. The highest BCUT2D eigenvalue weighted by molar-refractivity contribution is 5.86. The number of nitrogens with zero attached hydrogens (tertiary/aromatic N) is 4. The van der Waals surface area contributed by atoms with E-state index in [9.17, 15) is 4.39 Å². The number of aryl methyl sites for hydroxylation is 2. The van der Waals surface area contributed by atoms with Gasteiger partial charge in [-0.05, 0) is 37.5 Å². The topological polar surface area (TPSA) is 51.6 Å². The Morgan fingerprint density at radius 3 is 2.41 bits per heavy atom. The van der Waals surface area contributed by atoms with Crippen LogP contribution in [0.15, 0.2) is 24.5 Å². The van der Waals surface area contributed by atoms with Crippen LogP contribution in [0.25, 0.3) is 22.4 Å². The van der Waals surface area contributed by atoms with Gasteiger partial charge in [0.1, 0.15) is 23.4 Å². The van der Waals surface area contributed by atoms with Gasteiger partial charge in [-0.25, -0.2) is 24.3 Å². The molecular weight excluding hydrogens is 279 g/mol. The van der Waals surface area contributed by atoms with Crippen LogP contribution in [0.1, 0.15) is 36.7 Å². The predicted molar refractivity (Wildman–Crippen MR) is 84.1 cm³/mol. The maximum atomic E-state index is 14.5. The molecule has 0 aliphatic heterocycles. The zero-order chi connectivity index (χ0) is 15.9. The monoisotopic (exact) mass is 296 g/mol. The van der Waals surface area contributed by atoms with Gasteiger partial charge in [-0.3, -0.25) is 0 Å². The molecule has 4 nitrogen and oxygen atoms in total. The normalized spacial score (nSPS) is 11.4. The number of fused-ring (bicyclic) bond motifs is 1. The van der Waals surface area contributed by atoms with E-state index in [0.29, 0.717) is 22.4 Å². The van der Waals surface area contributed by atoms with Gasteiger partial charge in [-0.1, -0.05) is 19.9 Å². The van der Waals surface area contributed by atoms with Crippen LogP contribution in [0.2, 0.25) is 0 Å². The summed E-state index contributed by atoms with van der Waals surface area (Å²) < 4.78 is 14.5. The summed E-state index contributed by atoms with van der Waals surface area (Å²) in [6.07, 6.45) is 1.40. The third kappa shape index (κ3) is 2.43. The minimum absolute atomic E-state index is 0.273. The molecule has 112 valence electrons. The first-order chi connectivity index (χ1) is 10.5. The number of benzene rings is 1. The maximum absolute atomic E-state index is 14.5. The van der Waals surface area contributed by atoms with Crippen molar-refractivity contribution < 1.29 is 4.39 Å². The second-order valence-corrected chi connectivity index (χ2v) is 5.68. The first-order valence-electron chi connectivity index (χ1n) is 7.23. The first-order valence-corrected chi connectivity index (χ1v) is 7.23. The Labute approximate surface area is 128 Å². The van der Waals surface area contributed by atoms with Crippen LogP contribution in [-0.2, 0) is 0 Å². The molecule has 0 aliphatic rings. The van der Waals surface area contributed by atoms with Crippen molar-refractivity contribution in [2.45, 2.75) is 33.6 Å². The van der Waals surface area contributed by atoms with Gasteiger partial charge < -0.3 is 0 Å². The standard InChI is InChI=1S/C17H17FN4/c1-9(2)12-5-6-13(14(18)7-12)15-16-17(20-8-19-15)22-11(4)10(3)21-16/h5-9H,1-4H3. The molecule has 0 aliphatic carbocycles. The van der Waals surface area contributed by atoms with E-state index in [2.05, 4.69) is 19.9 Å². The lowest BCUT2D eigenvalue weighted by Gasteiger charge is -2.10. The number of aromatic nitrogens is 4. The molecule has 0 spiro atoms. The number of rotatable bonds is 2. The third-order valence-electron chi connectivity index (χ3n) is 3.79. The Bertz CT molecular complexity index is 859. The van der Waals surface area contributed by atoms with E-state index < -0.39 is 0 Å². The minimum Gasteiger partial charge on any atom is -0.246 e. The van der Waals surface area contributed by atoms with Crippen LogP contribution >= 0.6 is 0 Å². The van der Waals surface area contributed by atoms with Crippen LogP contribution in [-0.4, -0.2) is 19.9 Å². The number of hydrogen-bond donors (Lipinski definition) is 0. The summed E-state index contributed by atoms with van der Waals surface area (Å²) >= 11 is 0. The highest BCUT2D eigenvalue weighted by Gasteiger charge is 2.15. The lowest BCUT2D eigenvalue weighted by molar-refractivity contribution is 0.626. The molecule has 0 atom stereocenters. The van der Waals surface area contributed by atoms with Crippen molar-refractivity contribution in [3.63, 3.8) is 0 Å². The number of hydrogen-bond acceptors (Lipinski definition) is 4. The Balaban J connectivity index is 2.24.